The number of hydrogen-bond donors (Lipinski definition) is 2. The van der Waals surface area contributed by atoms with Gasteiger partial charge in [-0.15, -0.1) is 0 Å². The Bertz CT molecular complexity index is 750. The van der Waals surface area contributed by atoms with Crippen LogP contribution in [0.15, 0.2) is 17.0 Å². The van der Waals surface area contributed by atoms with Crippen LogP contribution in [0.5, 0.6) is 5.88 Å². The molecule has 0 saturated heterocycles. The van der Waals surface area contributed by atoms with Crippen molar-refractivity contribution in [2.45, 2.75) is 6.92 Å². The van der Waals surface area contributed by atoms with E-state index >= 15 is 0 Å². The number of nitrogens with two attached hydrogens (primary N) is 1. The SMILES string of the molecule is Cc1c(-c2nonc2N)nn2cnc(OCCO)cc12. The Hall–Kier alpha value is -2.68. The summed E-state index contributed by atoms with van der Waals surface area (Å²) in [6, 6.07) is 1.73. The molecule has 0 atom stereocenters. The van der Waals surface area contributed by atoms with Crippen LogP contribution in [0, 0.1) is 6.92 Å². The molecular formula is C11H12N6O3. The van der Waals surface area contributed by atoms with Gasteiger partial charge in [-0.3, -0.25) is 0 Å². The van der Waals surface area contributed by atoms with Gasteiger partial charge >= 0.3 is 0 Å². The van der Waals surface area contributed by atoms with Crippen molar-refractivity contribution in [1.29, 1.82) is 0 Å². The number of aliphatic hydroxyl groups excluding tert-OH is 1. The fourth-order valence-corrected chi connectivity index (χ4v) is 1.87. The number of rotatable bonds is 4. The first-order chi connectivity index (χ1) is 9.70. The second-order valence-corrected chi connectivity index (χ2v) is 4.10. The van der Waals surface area contributed by atoms with Crippen molar-refractivity contribution < 1.29 is 14.5 Å². The van der Waals surface area contributed by atoms with Gasteiger partial charge in [0.05, 0.1) is 12.1 Å². The molecule has 0 amide bonds. The van der Waals surface area contributed by atoms with E-state index in [9.17, 15) is 0 Å². The molecular weight excluding hydrogens is 264 g/mol. The zero-order chi connectivity index (χ0) is 14.1. The maximum absolute atomic E-state index is 8.75. The molecule has 3 N–H and O–H groups in total. The van der Waals surface area contributed by atoms with Crippen LogP contribution in [0.2, 0.25) is 0 Å². The van der Waals surface area contributed by atoms with E-state index in [4.69, 9.17) is 15.6 Å². The minimum atomic E-state index is -0.0719. The summed E-state index contributed by atoms with van der Waals surface area (Å²) < 4.78 is 11.4. The molecule has 0 aliphatic rings. The summed E-state index contributed by atoms with van der Waals surface area (Å²) >= 11 is 0. The van der Waals surface area contributed by atoms with E-state index < -0.39 is 0 Å². The highest BCUT2D eigenvalue weighted by molar-refractivity contribution is 5.75. The summed E-state index contributed by atoms with van der Waals surface area (Å²) in [6.45, 7) is 1.99. The molecule has 0 unspecified atom stereocenters. The molecule has 3 aromatic rings. The van der Waals surface area contributed by atoms with E-state index in [2.05, 4.69) is 25.0 Å². The van der Waals surface area contributed by atoms with Gasteiger partial charge in [0, 0.05) is 11.6 Å². The molecule has 0 radical (unpaired) electrons. The van der Waals surface area contributed by atoms with E-state index in [-0.39, 0.29) is 19.0 Å². The zero-order valence-electron chi connectivity index (χ0n) is 10.6. The zero-order valence-corrected chi connectivity index (χ0v) is 10.6. The van der Waals surface area contributed by atoms with Crippen LogP contribution in [-0.2, 0) is 0 Å². The number of aliphatic hydroxyl groups is 1. The number of anilines is 1. The van der Waals surface area contributed by atoms with Crippen LogP contribution in [-0.4, -0.2) is 43.2 Å². The first-order valence-corrected chi connectivity index (χ1v) is 5.87. The number of ether oxygens (including phenoxy) is 1. The largest absolute Gasteiger partial charge is 0.475 e. The highest BCUT2D eigenvalue weighted by Gasteiger charge is 2.18. The highest BCUT2D eigenvalue weighted by Crippen LogP contribution is 2.27. The van der Waals surface area contributed by atoms with Crippen molar-refractivity contribution in [3.05, 3.63) is 18.0 Å². The predicted molar refractivity (Wildman–Crippen MR) is 68.0 cm³/mol. The molecule has 9 heteroatoms. The summed E-state index contributed by atoms with van der Waals surface area (Å²) in [6.07, 6.45) is 1.52. The van der Waals surface area contributed by atoms with Gasteiger partial charge in [-0.2, -0.15) is 5.10 Å². The molecule has 3 heterocycles. The molecule has 0 spiro atoms. The maximum atomic E-state index is 8.75. The number of aromatic nitrogens is 5. The Morgan fingerprint density at radius 1 is 1.40 bits per heavy atom. The number of nitrogen functional groups attached to an aromatic ring is 1. The smallest absolute Gasteiger partial charge is 0.216 e. The van der Waals surface area contributed by atoms with Gasteiger partial charge in [-0.1, -0.05) is 0 Å². The Balaban J connectivity index is 2.08. The summed E-state index contributed by atoms with van der Waals surface area (Å²) in [5.41, 5.74) is 8.29. The lowest BCUT2D eigenvalue weighted by atomic mass is 10.2. The van der Waals surface area contributed by atoms with Gasteiger partial charge in [0.1, 0.15) is 18.6 Å². The minimum absolute atomic E-state index is 0.0719. The van der Waals surface area contributed by atoms with E-state index in [0.717, 1.165) is 11.1 Å². The number of fused-ring (bicyclic) bond motifs is 1. The molecule has 0 saturated carbocycles. The van der Waals surface area contributed by atoms with Crippen LogP contribution in [0.1, 0.15) is 5.56 Å². The number of hydrogen-bond acceptors (Lipinski definition) is 8. The normalized spacial score (nSPS) is 11.1. The summed E-state index contributed by atoms with van der Waals surface area (Å²) in [4.78, 5) is 4.08. The second kappa shape index (κ2) is 4.78. The quantitative estimate of drug-likeness (QED) is 0.684. The van der Waals surface area contributed by atoms with Gasteiger partial charge in [0.2, 0.25) is 5.88 Å². The molecule has 0 aliphatic heterocycles. The van der Waals surface area contributed by atoms with E-state index in [1.165, 1.54) is 6.33 Å². The molecule has 0 aromatic carbocycles. The molecule has 0 fully saturated rings. The van der Waals surface area contributed by atoms with Crippen molar-refractivity contribution >= 4 is 11.3 Å². The average Bonchev–Trinajstić information content (AvgIpc) is 3.01. The molecule has 3 aromatic heterocycles. The Morgan fingerprint density at radius 2 is 2.25 bits per heavy atom. The minimum Gasteiger partial charge on any atom is -0.475 e. The van der Waals surface area contributed by atoms with Crippen LogP contribution < -0.4 is 10.5 Å². The van der Waals surface area contributed by atoms with E-state index in [1.807, 2.05) is 6.92 Å². The summed E-state index contributed by atoms with van der Waals surface area (Å²) in [5, 5.41) is 20.4. The monoisotopic (exact) mass is 276 g/mol. The van der Waals surface area contributed by atoms with Crippen molar-refractivity contribution in [3.8, 4) is 17.3 Å². The molecule has 0 bridgehead atoms. The molecule has 3 rings (SSSR count). The average molecular weight is 276 g/mol. The number of aryl methyl sites for hydroxylation is 1. The third kappa shape index (κ3) is 1.93. The Labute approximate surface area is 112 Å². The van der Waals surface area contributed by atoms with Crippen LogP contribution in [0.25, 0.3) is 16.9 Å². The van der Waals surface area contributed by atoms with Crippen molar-refractivity contribution in [2.24, 2.45) is 0 Å². The predicted octanol–water partition coefficient (Wildman–Crippen LogP) is 0.0410. The van der Waals surface area contributed by atoms with Gasteiger partial charge in [0.15, 0.2) is 11.5 Å². The maximum Gasteiger partial charge on any atom is 0.216 e. The lowest BCUT2D eigenvalue weighted by Gasteiger charge is -2.02. The third-order valence-electron chi connectivity index (χ3n) is 2.83. The first-order valence-electron chi connectivity index (χ1n) is 5.87. The lowest BCUT2D eigenvalue weighted by molar-refractivity contribution is 0.196. The first kappa shape index (κ1) is 12.4. The van der Waals surface area contributed by atoms with Crippen molar-refractivity contribution in [3.63, 3.8) is 0 Å². The molecule has 9 nitrogen and oxygen atoms in total. The summed E-state index contributed by atoms with van der Waals surface area (Å²) in [7, 11) is 0. The number of nitrogens with zero attached hydrogens (tertiary/aromatic N) is 5. The standard InChI is InChI=1S/C11H12N6O3/c1-6-7-4-8(19-3-2-18)13-5-17(7)14-9(6)10-11(12)16-20-15-10/h4-5,18H,2-3H2,1H3,(H2,12,16). The van der Waals surface area contributed by atoms with Crippen LogP contribution in [0.4, 0.5) is 5.82 Å². The van der Waals surface area contributed by atoms with Crippen LogP contribution >= 0.6 is 0 Å². The fraction of sp³-hybridized carbons (Fsp3) is 0.273. The molecule has 20 heavy (non-hydrogen) atoms. The second-order valence-electron chi connectivity index (χ2n) is 4.10. The molecule has 104 valence electrons. The van der Waals surface area contributed by atoms with Crippen LogP contribution in [0.3, 0.4) is 0 Å². The van der Waals surface area contributed by atoms with Gasteiger partial charge in [0.25, 0.3) is 0 Å². The Kier molecular flexibility index (Phi) is 2.95. The topological polar surface area (TPSA) is 125 Å². The van der Waals surface area contributed by atoms with Crippen molar-refractivity contribution in [2.75, 3.05) is 18.9 Å². The van der Waals surface area contributed by atoms with E-state index in [1.54, 1.807) is 10.6 Å². The third-order valence-corrected chi connectivity index (χ3v) is 2.83. The van der Waals surface area contributed by atoms with Crippen molar-refractivity contribution in [1.82, 2.24) is 24.9 Å². The fourth-order valence-electron chi connectivity index (χ4n) is 1.87. The highest BCUT2D eigenvalue weighted by atomic mass is 16.6. The Morgan fingerprint density at radius 3 is 2.95 bits per heavy atom. The van der Waals surface area contributed by atoms with Gasteiger partial charge < -0.3 is 15.6 Å². The van der Waals surface area contributed by atoms with Gasteiger partial charge in [-0.25, -0.2) is 14.1 Å². The summed E-state index contributed by atoms with van der Waals surface area (Å²) in [5.74, 6) is 0.591. The van der Waals surface area contributed by atoms with Gasteiger partial charge in [-0.05, 0) is 17.2 Å². The molecule has 0 aliphatic carbocycles. The van der Waals surface area contributed by atoms with E-state index in [0.29, 0.717) is 17.3 Å². The lowest BCUT2D eigenvalue weighted by Crippen LogP contribution is -2.03.